The van der Waals surface area contributed by atoms with Crippen LogP contribution in [0.1, 0.15) is 30.9 Å². The van der Waals surface area contributed by atoms with E-state index in [9.17, 15) is 4.79 Å². The normalized spacial score (nSPS) is 14.7. The molecule has 0 heterocycles. The second-order valence-corrected chi connectivity index (χ2v) is 6.30. The summed E-state index contributed by atoms with van der Waals surface area (Å²) in [7, 11) is 0. The molecule has 0 aliphatic heterocycles. The Morgan fingerprint density at radius 1 is 1.17 bits per heavy atom. The second kappa shape index (κ2) is 7.05. The molecule has 3 rings (SSSR count). The number of carbonyl (C=O) groups excluding carboxylic acids is 1. The first-order valence-electron chi connectivity index (χ1n) is 7.97. The summed E-state index contributed by atoms with van der Waals surface area (Å²) in [4.78, 5) is 12.3. The molecule has 0 saturated carbocycles. The molecule has 1 N–H and O–H groups in total. The summed E-state index contributed by atoms with van der Waals surface area (Å²) < 4.78 is 5.93. The minimum absolute atomic E-state index is 0.180. The van der Waals surface area contributed by atoms with Crippen molar-refractivity contribution in [2.45, 2.75) is 38.7 Å². The SMILES string of the molecule is C[C@@H](Oc1cccc2c1CCCC2)C(=O)Nc1cccc(Cl)c1. The van der Waals surface area contributed by atoms with Gasteiger partial charge in [-0.25, -0.2) is 0 Å². The minimum atomic E-state index is -0.567. The quantitative estimate of drug-likeness (QED) is 0.888. The molecule has 23 heavy (non-hydrogen) atoms. The molecule has 0 saturated heterocycles. The first-order valence-corrected chi connectivity index (χ1v) is 8.35. The molecule has 4 heteroatoms. The van der Waals surface area contributed by atoms with E-state index in [1.807, 2.05) is 12.1 Å². The average molecular weight is 330 g/mol. The summed E-state index contributed by atoms with van der Waals surface area (Å²) >= 11 is 5.93. The summed E-state index contributed by atoms with van der Waals surface area (Å²) in [6.07, 6.45) is 3.95. The van der Waals surface area contributed by atoms with Crippen molar-refractivity contribution < 1.29 is 9.53 Å². The van der Waals surface area contributed by atoms with Gasteiger partial charge in [0.2, 0.25) is 0 Å². The molecule has 0 fully saturated rings. The lowest BCUT2D eigenvalue weighted by Gasteiger charge is -2.22. The molecule has 1 aliphatic rings. The van der Waals surface area contributed by atoms with Gasteiger partial charge in [0.15, 0.2) is 6.10 Å². The second-order valence-electron chi connectivity index (χ2n) is 5.86. The van der Waals surface area contributed by atoms with Crippen LogP contribution in [0.3, 0.4) is 0 Å². The first kappa shape index (κ1) is 15.9. The van der Waals surface area contributed by atoms with Gasteiger partial charge >= 0.3 is 0 Å². The third-order valence-corrected chi connectivity index (χ3v) is 4.35. The lowest BCUT2D eigenvalue weighted by atomic mass is 9.91. The lowest BCUT2D eigenvalue weighted by Crippen LogP contribution is -2.30. The number of anilines is 1. The third kappa shape index (κ3) is 3.85. The van der Waals surface area contributed by atoms with Crippen LogP contribution in [0.4, 0.5) is 5.69 Å². The standard InChI is InChI=1S/C19H20ClNO2/c1-13(19(22)21-16-9-5-8-15(20)12-16)23-18-11-4-7-14-6-2-3-10-17(14)18/h4-5,7-9,11-13H,2-3,6,10H2,1H3,(H,21,22)/t13-/m1/s1. The van der Waals surface area contributed by atoms with Gasteiger partial charge in [-0.1, -0.05) is 29.8 Å². The predicted molar refractivity (Wildman–Crippen MR) is 93.3 cm³/mol. The first-order chi connectivity index (χ1) is 11.1. The van der Waals surface area contributed by atoms with Crippen molar-refractivity contribution in [3.8, 4) is 5.75 Å². The van der Waals surface area contributed by atoms with E-state index < -0.39 is 6.10 Å². The Hall–Kier alpha value is -2.00. The number of rotatable bonds is 4. The largest absolute Gasteiger partial charge is 0.481 e. The fourth-order valence-electron chi connectivity index (χ4n) is 2.91. The van der Waals surface area contributed by atoms with E-state index in [1.165, 1.54) is 24.0 Å². The lowest BCUT2D eigenvalue weighted by molar-refractivity contribution is -0.122. The summed E-state index contributed by atoms with van der Waals surface area (Å²) in [5, 5.41) is 3.43. The number of hydrogen-bond donors (Lipinski definition) is 1. The van der Waals surface area contributed by atoms with Gasteiger partial charge in [-0.05, 0) is 68.0 Å². The number of aryl methyl sites for hydroxylation is 1. The molecule has 2 aromatic rings. The van der Waals surface area contributed by atoms with Crippen molar-refractivity contribution in [3.63, 3.8) is 0 Å². The number of nitrogens with one attached hydrogen (secondary N) is 1. The van der Waals surface area contributed by atoms with Crippen molar-refractivity contribution in [2.24, 2.45) is 0 Å². The van der Waals surface area contributed by atoms with Crippen LogP contribution in [-0.2, 0) is 17.6 Å². The highest BCUT2D eigenvalue weighted by atomic mass is 35.5. The van der Waals surface area contributed by atoms with E-state index in [0.29, 0.717) is 10.7 Å². The number of fused-ring (bicyclic) bond motifs is 1. The molecular weight excluding hydrogens is 310 g/mol. The van der Waals surface area contributed by atoms with Crippen molar-refractivity contribution in [1.82, 2.24) is 0 Å². The highest BCUT2D eigenvalue weighted by Gasteiger charge is 2.19. The van der Waals surface area contributed by atoms with Crippen LogP contribution in [0.15, 0.2) is 42.5 Å². The highest BCUT2D eigenvalue weighted by molar-refractivity contribution is 6.30. The number of amides is 1. The van der Waals surface area contributed by atoms with Gasteiger partial charge in [0.05, 0.1) is 0 Å². The van der Waals surface area contributed by atoms with Gasteiger partial charge in [0, 0.05) is 10.7 Å². The van der Waals surface area contributed by atoms with Crippen molar-refractivity contribution in [1.29, 1.82) is 0 Å². The van der Waals surface area contributed by atoms with Gasteiger partial charge < -0.3 is 10.1 Å². The predicted octanol–water partition coefficient (Wildman–Crippen LogP) is 4.62. The van der Waals surface area contributed by atoms with Crippen molar-refractivity contribution in [2.75, 3.05) is 5.32 Å². The van der Waals surface area contributed by atoms with E-state index in [2.05, 4.69) is 11.4 Å². The molecule has 3 nitrogen and oxygen atoms in total. The molecule has 0 aromatic heterocycles. The van der Waals surface area contributed by atoms with Gasteiger partial charge in [-0.2, -0.15) is 0 Å². The van der Waals surface area contributed by atoms with E-state index in [1.54, 1.807) is 31.2 Å². The summed E-state index contributed by atoms with van der Waals surface area (Å²) in [6, 6.07) is 13.2. The molecule has 1 amide bonds. The van der Waals surface area contributed by atoms with Crippen LogP contribution in [0.2, 0.25) is 5.02 Å². The van der Waals surface area contributed by atoms with Gasteiger partial charge in [-0.3, -0.25) is 4.79 Å². The molecule has 0 spiro atoms. The van der Waals surface area contributed by atoms with Crippen LogP contribution < -0.4 is 10.1 Å². The van der Waals surface area contributed by atoms with Crippen molar-refractivity contribution in [3.05, 3.63) is 58.6 Å². The van der Waals surface area contributed by atoms with Crippen LogP contribution in [0, 0.1) is 0 Å². The summed E-state index contributed by atoms with van der Waals surface area (Å²) in [5.74, 6) is 0.650. The Morgan fingerprint density at radius 2 is 1.96 bits per heavy atom. The zero-order valence-electron chi connectivity index (χ0n) is 13.1. The zero-order chi connectivity index (χ0) is 16.2. The summed E-state index contributed by atoms with van der Waals surface area (Å²) in [6.45, 7) is 1.77. The fraction of sp³-hybridized carbons (Fsp3) is 0.316. The maximum absolute atomic E-state index is 12.3. The number of hydrogen-bond acceptors (Lipinski definition) is 2. The average Bonchev–Trinajstić information content (AvgIpc) is 2.55. The fourth-order valence-corrected chi connectivity index (χ4v) is 3.10. The van der Waals surface area contributed by atoms with E-state index >= 15 is 0 Å². The monoisotopic (exact) mass is 329 g/mol. The maximum atomic E-state index is 12.3. The molecule has 0 unspecified atom stereocenters. The van der Waals surface area contributed by atoms with E-state index in [0.717, 1.165) is 18.6 Å². The molecule has 0 radical (unpaired) electrons. The van der Waals surface area contributed by atoms with Crippen LogP contribution in [0.5, 0.6) is 5.75 Å². The molecule has 120 valence electrons. The Balaban J connectivity index is 1.69. The number of carbonyl (C=O) groups is 1. The molecule has 2 aromatic carbocycles. The highest BCUT2D eigenvalue weighted by Crippen LogP contribution is 2.30. The smallest absolute Gasteiger partial charge is 0.265 e. The van der Waals surface area contributed by atoms with Crippen LogP contribution >= 0.6 is 11.6 Å². The topological polar surface area (TPSA) is 38.3 Å². The van der Waals surface area contributed by atoms with E-state index in [-0.39, 0.29) is 5.91 Å². The van der Waals surface area contributed by atoms with E-state index in [4.69, 9.17) is 16.3 Å². The minimum Gasteiger partial charge on any atom is -0.481 e. The Kier molecular flexibility index (Phi) is 4.87. The number of benzene rings is 2. The van der Waals surface area contributed by atoms with Crippen molar-refractivity contribution >= 4 is 23.2 Å². The Morgan fingerprint density at radius 3 is 2.78 bits per heavy atom. The van der Waals surface area contributed by atoms with Crippen LogP contribution in [0.25, 0.3) is 0 Å². The molecule has 1 atom stereocenters. The van der Waals surface area contributed by atoms with Gasteiger partial charge in [0.1, 0.15) is 5.75 Å². The Bertz CT molecular complexity index is 714. The van der Waals surface area contributed by atoms with Crippen LogP contribution in [-0.4, -0.2) is 12.0 Å². The molecule has 1 aliphatic carbocycles. The summed E-state index contributed by atoms with van der Waals surface area (Å²) in [5.41, 5.74) is 3.27. The number of halogens is 1. The molecular formula is C19H20ClNO2. The third-order valence-electron chi connectivity index (χ3n) is 4.12. The number of ether oxygens (including phenoxy) is 1. The Labute approximate surface area is 141 Å². The maximum Gasteiger partial charge on any atom is 0.265 e. The van der Waals surface area contributed by atoms with Gasteiger partial charge in [0.25, 0.3) is 5.91 Å². The van der Waals surface area contributed by atoms with Gasteiger partial charge in [-0.15, -0.1) is 0 Å². The molecule has 0 bridgehead atoms. The zero-order valence-corrected chi connectivity index (χ0v) is 13.9.